The summed E-state index contributed by atoms with van der Waals surface area (Å²) in [6, 6.07) is 11.9. The Morgan fingerprint density at radius 3 is 2.44 bits per heavy atom. The number of halogens is 1. The molecule has 1 aromatic carbocycles. The predicted molar refractivity (Wildman–Crippen MR) is 137 cm³/mol. The molecule has 0 bridgehead atoms. The number of nitrogens with zero attached hydrogens (tertiary/aromatic N) is 3. The van der Waals surface area contributed by atoms with Crippen LogP contribution < -0.4 is 14.4 Å². The molecule has 3 aromatic rings. The Hall–Kier alpha value is -3.53. The highest BCUT2D eigenvalue weighted by atomic mass is 32.2. The Morgan fingerprint density at radius 2 is 1.81 bits per heavy atom. The van der Waals surface area contributed by atoms with Crippen LogP contribution in [0, 0.1) is 18.7 Å². The van der Waals surface area contributed by atoms with Crippen molar-refractivity contribution in [2.24, 2.45) is 5.92 Å². The first-order chi connectivity index (χ1) is 17.0. The normalized spacial score (nSPS) is 11.4. The number of aromatic nitrogens is 2. The zero-order valence-electron chi connectivity index (χ0n) is 21.1. The van der Waals surface area contributed by atoms with Gasteiger partial charge in [-0.25, -0.2) is 19.1 Å². The summed E-state index contributed by atoms with van der Waals surface area (Å²) < 4.78 is 47.7. The molecule has 8 nitrogen and oxygen atoms in total. The van der Waals surface area contributed by atoms with E-state index in [2.05, 4.69) is 14.7 Å². The van der Waals surface area contributed by atoms with Crippen LogP contribution in [0.1, 0.15) is 43.7 Å². The summed E-state index contributed by atoms with van der Waals surface area (Å²) >= 11 is 0. The lowest BCUT2D eigenvalue weighted by atomic mass is 10.1. The van der Waals surface area contributed by atoms with E-state index in [1.165, 1.54) is 24.3 Å². The number of benzene rings is 1. The maximum absolute atomic E-state index is 14.4. The molecule has 1 N–H and O–H groups in total. The molecular formula is C26H31FN4O4S. The molecule has 10 heteroatoms. The van der Waals surface area contributed by atoms with E-state index in [9.17, 15) is 17.6 Å². The third-order valence-corrected chi connectivity index (χ3v) is 6.53. The molecule has 1 amide bonds. The van der Waals surface area contributed by atoms with Crippen molar-refractivity contribution >= 4 is 21.7 Å². The summed E-state index contributed by atoms with van der Waals surface area (Å²) in [7, 11) is -4.20. The minimum Gasteiger partial charge on any atom is -0.493 e. The minimum absolute atomic E-state index is 0.0753. The molecule has 0 spiro atoms. The summed E-state index contributed by atoms with van der Waals surface area (Å²) in [6.07, 6.45) is 0. The van der Waals surface area contributed by atoms with Crippen LogP contribution in [0.2, 0.25) is 0 Å². The second-order valence-electron chi connectivity index (χ2n) is 8.67. The molecule has 0 atom stereocenters. The van der Waals surface area contributed by atoms with Crippen LogP contribution in [0.3, 0.4) is 0 Å². The van der Waals surface area contributed by atoms with Crippen molar-refractivity contribution in [3.8, 4) is 17.0 Å². The van der Waals surface area contributed by atoms with E-state index in [-0.39, 0.29) is 22.3 Å². The number of carbonyl (C=O) groups excluding carboxylic acids is 1. The van der Waals surface area contributed by atoms with Crippen LogP contribution >= 0.6 is 0 Å². The van der Waals surface area contributed by atoms with Crippen molar-refractivity contribution in [3.63, 3.8) is 0 Å². The number of pyridine rings is 2. The van der Waals surface area contributed by atoms with Gasteiger partial charge >= 0.3 is 0 Å². The summed E-state index contributed by atoms with van der Waals surface area (Å²) in [6.45, 7) is 10.9. The smallest absolute Gasteiger partial charge is 0.281 e. The van der Waals surface area contributed by atoms with Crippen LogP contribution in [-0.4, -0.2) is 44.0 Å². The lowest BCUT2D eigenvalue weighted by Crippen LogP contribution is -2.34. The number of rotatable bonds is 10. The number of aryl methyl sites for hydroxylation is 1. The molecule has 0 aliphatic heterocycles. The van der Waals surface area contributed by atoms with Gasteiger partial charge in [0.05, 0.1) is 17.9 Å². The third kappa shape index (κ3) is 6.57. The number of amides is 1. The first kappa shape index (κ1) is 27.1. The first-order valence-electron chi connectivity index (χ1n) is 11.7. The lowest BCUT2D eigenvalue weighted by Gasteiger charge is -2.23. The van der Waals surface area contributed by atoms with Gasteiger partial charge in [-0.2, -0.15) is 8.42 Å². The van der Waals surface area contributed by atoms with Gasteiger partial charge in [-0.05, 0) is 63.1 Å². The summed E-state index contributed by atoms with van der Waals surface area (Å²) in [4.78, 5) is 23.6. The van der Waals surface area contributed by atoms with Gasteiger partial charge in [0.15, 0.2) is 5.03 Å². The average Bonchev–Trinajstić information content (AvgIpc) is 2.83. The van der Waals surface area contributed by atoms with Crippen LogP contribution in [-0.2, 0) is 10.0 Å². The molecule has 0 radical (unpaired) electrons. The molecule has 0 saturated carbocycles. The highest BCUT2D eigenvalue weighted by molar-refractivity contribution is 7.90. The van der Waals surface area contributed by atoms with Crippen molar-refractivity contribution in [3.05, 3.63) is 65.6 Å². The standard InChI is InChI=1S/C26H31FN4O4S/c1-6-31(7-2)25-22(26(32)30-36(33,34)24-10-8-9-18(5)28-24)11-12-23(29-25)19-13-20(27)15-21(14-19)35-16-17(3)4/h8-15,17H,6-7,16H2,1-5H3,(H,30,32). The van der Waals surface area contributed by atoms with Gasteiger partial charge in [0.25, 0.3) is 15.9 Å². The number of sulfonamides is 1. The Labute approximate surface area is 211 Å². The van der Waals surface area contributed by atoms with E-state index in [4.69, 9.17) is 4.74 Å². The molecule has 2 aromatic heterocycles. The van der Waals surface area contributed by atoms with Gasteiger partial charge < -0.3 is 9.64 Å². The second-order valence-corrected chi connectivity index (χ2v) is 10.3. The van der Waals surface area contributed by atoms with E-state index in [1.807, 2.05) is 32.6 Å². The fourth-order valence-electron chi connectivity index (χ4n) is 3.50. The highest BCUT2D eigenvalue weighted by Gasteiger charge is 2.24. The van der Waals surface area contributed by atoms with Gasteiger partial charge in [0.1, 0.15) is 17.4 Å². The Bertz CT molecular complexity index is 1340. The first-order valence-corrected chi connectivity index (χ1v) is 13.2. The van der Waals surface area contributed by atoms with Crippen molar-refractivity contribution in [1.29, 1.82) is 0 Å². The van der Waals surface area contributed by atoms with E-state index >= 15 is 0 Å². The number of ether oxygens (including phenoxy) is 1. The minimum atomic E-state index is -4.20. The van der Waals surface area contributed by atoms with Crippen molar-refractivity contribution in [2.75, 3.05) is 24.6 Å². The molecular weight excluding hydrogens is 483 g/mol. The second kappa shape index (κ2) is 11.5. The summed E-state index contributed by atoms with van der Waals surface area (Å²) in [5.41, 5.74) is 1.48. The average molecular weight is 515 g/mol. The van der Waals surface area contributed by atoms with E-state index in [1.54, 1.807) is 31.2 Å². The monoisotopic (exact) mass is 514 g/mol. The van der Waals surface area contributed by atoms with E-state index in [0.717, 1.165) is 0 Å². The number of hydrogen-bond donors (Lipinski definition) is 1. The maximum atomic E-state index is 14.4. The Kier molecular flexibility index (Phi) is 8.62. The molecule has 0 aliphatic rings. The van der Waals surface area contributed by atoms with Gasteiger partial charge in [0.2, 0.25) is 0 Å². The molecule has 192 valence electrons. The van der Waals surface area contributed by atoms with Crippen molar-refractivity contribution in [1.82, 2.24) is 14.7 Å². The molecule has 0 saturated heterocycles. The van der Waals surface area contributed by atoms with Crippen LogP contribution in [0.5, 0.6) is 5.75 Å². The molecule has 36 heavy (non-hydrogen) atoms. The van der Waals surface area contributed by atoms with E-state index in [0.29, 0.717) is 42.4 Å². The summed E-state index contributed by atoms with van der Waals surface area (Å²) in [5, 5.41) is -0.251. The predicted octanol–water partition coefficient (Wildman–Crippen LogP) is 4.59. The number of carbonyl (C=O) groups is 1. The van der Waals surface area contributed by atoms with Gasteiger partial charge in [0, 0.05) is 30.4 Å². The molecule has 0 fully saturated rings. The van der Waals surface area contributed by atoms with Crippen molar-refractivity contribution in [2.45, 2.75) is 39.6 Å². The maximum Gasteiger partial charge on any atom is 0.281 e. The number of nitrogens with one attached hydrogen (secondary N) is 1. The SMILES string of the molecule is CCN(CC)c1nc(-c2cc(F)cc(OCC(C)C)c2)ccc1C(=O)NS(=O)(=O)c1cccc(C)n1. The Morgan fingerprint density at radius 1 is 1.08 bits per heavy atom. The highest BCUT2D eigenvalue weighted by Crippen LogP contribution is 2.28. The fraction of sp³-hybridized carbons (Fsp3) is 0.346. The zero-order valence-corrected chi connectivity index (χ0v) is 21.9. The van der Waals surface area contributed by atoms with Gasteiger partial charge in [-0.1, -0.05) is 19.9 Å². The third-order valence-electron chi connectivity index (χ3n) is 5.30. The molecule has 0 unspecified atom stereocenters. The lowest BCUT2D eigenvalue weighted by molar-refractivity contribution is 0.0981. The fourth-order valence-corrected chi connectivity index (χ4v) is 4.48. The summed E-state index contributed by atoms with van der Waals surface area (Å²) in [5.74, 6) is -0.372. The van der Waals surface area contributed by atoms with Gasteiger partial charge in [-0.15, -0.1) is 0 Å². The quantitative estimate of drug-likeness (QED) is 0.422. The Balaban J connectivity index is 2.01. The molecule has 2 heterocycles. The zero-order chi connectivity index (χ0) is 26.5. The molecule has 0 aliphatic carbocycles. The van der Waals surface area contributed by atoms with Crippen LogP contribution in [0.25, 0.3) is 11.3 Å². The van der Waals surface area contributed by atoms with Crippen LogP contribution in [0.15, 0.2) is 53.6 Å². The topological polar surface area (TPSA) is 101 Å². The number of hydrogen-bond acceptors (Lipinski definition) is 7. The molecule has 3 rings (SSSR count). The van der Waals surface area contributed by atoms with Crippen LogP contribution in [0.4, 0.5) is 10.2 Å². The van der Waals surface area contributed by atoms with Gasteiger partial charge in [-0.3, -0.25) is 4.79 Å². The van der Waals surface area contributed by atoms with Crippen molar-refractivity contribution < 1.29 is 22.3 Å². The largest absolute Gasteiger partial charge is 0.493 e. The number of anilines is 1. The van der Waals surface area contributed by atoms with E-state index < -0.39 is 21.7 Å².